The fourth-order valence-corrected chi connectivity index (χ4v) is 2.47. The normalized spacial score (nSPS) is 11.7. The Morgan fingerprint density at radius 3 is 2.43 bits per heavy atom. The van der Waals surface area contributed by atoms with E-state index in [1.54, 1.807) is 0 Å². The molecule has 1 N–H and O–H groups in total. The van der Waals surface area contributed by atoms with Gasteiger partial charge in [0, 0.05) is 4.88 Å². The maximum atomic E-state index is 10.5. The number of nitrogens with zero attached hydrogens (tertiary/aromatic N) is 1. The molecule has 0 saturated heterocycles. The van der Waals surface area contributed by atoms with E-state index in [4.69, 9.17) is 5.11 Å². The van der Waals surface area contributed by atoms with Crippen molar-refractivity contribution >= 4 is 17.3 Å². The van der Waals surface area contributed by atoms with Gasteiger partial charge in [-0.2, -0.15) is 0 Å². The molecule has 1 heterocycles. The van der Waals surface area contributed by atoms with E-state index in [0.717, 1.165) is 5.69 Å². The fourth-order valence-electron chi connectivity index (χ4n) is 1.35. The number of hydrogen-bond donors (Lipinski definition) is 1. The van der Waals surface area contributed by atoms with Crippen molar-refractivity contribution in [3.05, 3.63) is 15.6 Å². The quantitative estimate of drug-likeness (QED) is 0.820. The summed E-state index contributed by atoms with van der Waals surface area (Å²) in [6.07, 6.45) is 0.0294. The highest BCUT2D eigenvalue weighted by Gasteiger charge is 2.21. The molecule has 0 radical (unpaired) electrons. The summed E-state index contributed by atoms with van der Waals surface area (Å²) in [5.74, 6) is -0.820. The first-order valence-electron chi connectivity index (χ1n) is 4.49. The zero-order chi connectivity index (χ0) is 10.9. The van der Waals surface area contributed by atoms with Gasteiger partial charge in [-0.05, 0) is 12.3 Å². The molecule has 0 bridgehead atoms. The van der Waals surface area contributed by atoms with Crippen molar-refractivity contribution in [1.82, 2.24) is 4.98 Å². The molecule has 0 atom stereocenters. The van der Waals surface area contributed by atoms with Crippen LogP contribution in [-0.2, 0) is 16.6 Å². The summed E-state index contributed by atoms with van der Waals surface area (Å²) < 4.78 is 0. The molecule has 1 aromatic heterocycles. The van der Waals surface area contributed by atoms with Gasteiger partial charge in [0.2, 0.25) is 0 Å². The maximum absolute atomic E-state index is 10.5. The lowest BCUT2D eigenvalue weighted by Gasteiger charge is -2.16. The number of carbonyl (C=O) groups is 1. The molecule has 0 fully saturated rings. The first kappa shape index (κ1) is 11.2. The molecule has 4 heteroatoms. The minimum absolute atomic E-state index is 0.0294. The molecular formula is C10H15NO2S. The Hall–Kier alpha value is -0.900. The smallest absolute Gasteiger partial charge is 0.310 e. The van der Waals surface area contributed by atoms with E-state index in [-0.39, 0.29) is 11.8 Å². The summed E-state index contributed by atoms with van der Waals surface area (Å²) in [4.78, 5) is 15.9. The molecular weight excluding hydrogens is 198 g/mol. The van der Waals surface area contributed by atoms with Gasteiger partial charge in [0.1, 0.15) is 5.01 Å². The first-order chi connectivity index (χ1) is 6.30. The van der Waals surface area contributed by atoms with Crippen LogP contribution < -0.4 is 0 Å². The highest BCUT2D eigenvalue weighted by atomic mass is 32.1. The standard InChI is InChI=1S/C10H15NO2S/c1-6-9(10(2,3)4)14-7(11-6)5-8(12)13/h5H2,1-4H3,(H,12,13). The van der Waals surface area contributed by atoms with Gasteiger partial charge in [-0.3, -0.25) is 4.79 Å². The Labute approximate surface area is 87.8 Å². The van der Waals surface area contributed by atoms with Crippen molar-refractivity contribution in [3.63, 3.8) is 0 Å². The molecule has 1 aromatic rings. The van der Waals surface area contributed by atoms with Gasteiger partial charge in [-0.1, -0.05) is 20.8 Å². The average molecular weight is 213 g/mol. The highest BCUT2D eigenvalue weighted by Crippen LogP contribution is 2.31. The first-order valence-corrected chi connectivity index (χ1v) is 5.31. The summed E-state index contributed by atoms with van der Waals surface area (Å²) >= 11 is 1.50. The Balaban J connectivity index is 2.99. The van der Waals surface area contributed by atoms with E-state index in [2.05, 4.69) is 25.8 Å². The van der Waals surface area contributed by atoms with E-state index < -0.39 is 5.97 Å². The molecule has 0 saturated carbocycles. The van der Waals surface area contributed by atoms with Crippen LogP contribution >= 0.6 is 11.3 Å². The molecule has 0 aromatic carbocycles. The van der Waals surface area contributed by atoms with Crippen LogP contribution in [0, 0.1) is 6.92 Å². The number of carboxylic acids is 1. The van der Waals surface area contributed by atoms with E-state index in [1.807, 2.05) is 6.92 Å². The molecule has 0 aliphatic rings. The number of aliphatic carboxylic acids is 1. The Bertz CT molecular complexity index is 349. The largest absolute Gasteiger partial charge is 0.481 e. The van der Waals surface area contributed by atoms with Crippen LogP contribution in [0.4, 0.5) is 0 Å². The number of aromatic nitrogens is 1. The van der Waals surface area contributed by atoms with Crippen molar-refractivity contribution in [2.75, 3.05) is 0 Å². The molecule has 0 aliphatic carbocycles. The molecule has 78 valence electrons. The van der Waals surface area contributed by atoms with Gasteiger partial charge < -0.3 is 5.11 Å². The van der Waals surface area contributed by atoms with Crippen LogP contribution in [0.25, 0.3) is 0 Å². The Kier molecular flexibility index (Phi) is 2.95. The zero-order valence-electron chi connectivity index (χ0n) is 8.92. The average Bonchev–Trinajstić information content (AvgIpc) is 2.27. The van der Waals surface area contributed by atoms with E-state index >= 15 is 0 Å². The summed E-state index contributed by atoms with van der Waals surface area (Å²) in [5, 5.41) is 9.33. The van der Waals surface area contributed by atoms with Crippen molar-refractivity contribution in [2.24, 2.45) is 0 Å². The van der Waals surface area contributed by atoms with Crippen LogP contribution in [0.2, 0.25) is 0 Å². The van der Waals surface area contributed by atoms with Gasteiger partial charge in [0.05, 0.1) is 12.1 Å². The summed E-state index contributed by atoms with van der Waals surface area (Å²) in [6, 6.07) is 0. The number of hydrogen-bond acceptors (Lipinski definition) is 3. The second-order valence-corrected chi connectivity index (χ2v) is 5.43. The number of aryl methyl sites for hydroxylation is 1. The SMILES string of the molecule is Cc1nc(CC(=O)O)sc1C(C)(C)C. The van der Waals surface area contributed by atoms with Gasteiger partial charge in [-0.25, -0.2) is 4.98 Å². The highest BCUT2D eigenvalue weighted by molar-refractivity contribution is 7.12. The summed E-state index contributed by atoms with van der Waals surface area (Å²) in [7, 11) is 0. The second kappa shape index (κ2) is 3.69. The molecule has 0 amide bonds. The number of thiazole rings is 1. The molecule has 3 nitrogen and oxygen atoms in total. The van der Waals surface area contributed by atoms with Crippen LogP contribution in [0.15, 0.2) is 0 Å². The van der Waals surface area contributed by atoms with E-state index in [1.165, 1.54) is 16.2 Å². The van der Waals surface area contributed by atoms with Crippen LogP contribution in [0.1, 0.15) is 36.3 Å². The fraction of sp³-hybridized carbons (Fsp3) is 0.600. The van der Waals surface area contributed by atoms with Crippen molar-refractivity contribution in [1.29, 1.82) is 0 Å². The second-order valence-electron chi connectivity index (χ2n) is 4.34. The van der Waals surface area contributed by atoms with E-state index in [9.17, 15) is 4.79 Å². The molecule has 0 spiro atoms. The van der Waals surface area contributed by atoms with Crippen LogP contribution in [0.3, 0.4) is 0 Å². The predicted molar refractivity (Wildman–Crippen MR) is 56.9 cm³/mol. The minimum atomic E-state index is -0.820. The van der Waals surface area contributed by atoms with Gasteiger partial charge in [-0.15, -0.1) is 11.3 Å². The lowest BCUT2D eigenvalue weighted by atomic mass is 9.94. The molecule has 14 heavy (non-hydrogen) atoms. The number of rotatable bonds is 2. The maximum Gasteiger partial charge on any atom is 0.310 e. The van der Waals surface area contributed by atoms with Crippen molar-refractivity contribution in [3.8, 4) is 0 Å². The molecule has 1 rings (SSSR count). The molecule has 0 unspecified atom stereocenters. The Morgan fingerprint density at radius 1 is 1.50 bits per heavy atom. The van der Waals surface area contributed by atoms with Gasteiger partial charge in [0.25, 0.3) is 0 Å². The van der Waals surface area contributed by atoms with Gasteiger partial charge >= 0.3 is 5.97 Å². The minimum Gasteiger partial charge on any atom is -0.481 e. The topological polar surface area (TPSA) is 50.2 Å². The third-order valence-electron chi connectivity index (χ3n) is 1.82. The van der Waals surface area contributed by atoms with Crippen molar-refractivity contribution < 1.29 is 9.90 Å². The summed E-state index contributed by atoms with van der Waals surface area (Å²) in [6.45, 7) is 8.26. The predicted octanol–water partition coefficient (Wildman–Crippen LogP) is 2.38. The van der Waals surface area contributed by atoms with E-state index in [0.29, 0.717) is 5.01 Å². The lowest BCUT2D eigenvalue weighted by Crippen LogP contribution is -2.10. The lowest BCUT2D eigenvalue weighted by molar-refractivity contribution is -0.136. The third kappa shape index (κ3) is 2.54. The van der Waals surface area contributed by atoms with Crippen LogP contribution in [-0.4, -0.2) is 16.1 Å². The van der Waals surface area contributed by atoms with Crippen LogP contribution in [0.5, 0.6) is 0 Å². The van der Waals surface area contributed by atoms with Crippen molar-refractivity contribution in [2.45, 2.75) is 39.5 Å². The monoisotopic (exact) mass is 213 g/mol. The van der Waals surface area contributed by atoms with Gasteiger partial charge in [0.15, 0.2) is 0 Å². The summed E-state index contributed by atoms with van der Waals surface area (Å²) in [5.41, 5.74) is 1.01. The number of carboxylic acid groups (broad SMARTS) is 1. The zero-order valence-corrected chi connectivity index (χ0v) is 9.73. The molecule has 0 aliphatic heterocycles. The Morgan fingerprint density at radius 2 is 2.07 bits per heavy atom. The third-order valence-corrected chi connectivity index (χ3v) is 3.41.